The summed E-state index contributed by atoms with van der Waals surface area (Å²) in [6, 6.07) is 3.31. The number of halogens is 2. The molecule has 1 N–H and O–H groups in total. The molecule has 6 heteroatoms. The highest BCUT2D eigenvalue weighted by Gasteiger charge is 2.12. The van der Waals surface area contributed by atoms with E-state index in [0.717, 1.165) is 27.6 Å². The fourth-order valence-corrected chi connectivity index (χ4v) is 3.67. The van der Waals surface area contributed by atoms with Gasteiger partial charge in [-0.15, -0.1) is 11.3 Å². The van der Waals surface area contributed by atoms with Crippen molar-refractivity contribution < 1.29 is 4.39 Å². The molecule has 2 heterocycles. The van der Waals surface area contributed by atoms with E-state index in [-0.39, 0.29) is 5.82 Å². The molecule has 0 unspecified atom stereocenters. The van der Waals surface area contributed by atoms with Gasteiger partial charge in [0, 0.05) is 16.8 Å². The molecule has 0 atom stereocenters. The van der Waals surface area contributed by atoms with Gasteiger partial charge in [0.05, 0.1) is 22.4 Å². The van der Waals surface area contributed by atoms with Crippen molar-refractivity contribution in [1.82, 2.24) is 9.38 Å². The van der Waals surface area contributed by atoms with E-state index in [1.807, 2.05) is 13.8 Å². The number of anilines is 1. The summed E-state index contributed by atoms with van der Waals surface area (Å²) in [5.41, 5.74) is 5.16. The molecule has 3 rings (SSSR count). The summed E-state index contributed by atoms with van der Waals surface area (Å²) < 4.78 is 16.1. The second-order valence-electron chi connectivity index (χ2n) is 5.07. The Bertz CT molecular complexity index is 822. The van der Waals surface area contributed by atoms with E-state index in [1.54, 1.807) is 17.4 Å². The lowest BCUT2D eigenvalue weighted by Gasteiger charge is -2.11. The number of hydrogen-bond donors (Lipinski definition) is 1. The third kappa shape index (κ3) is 2.58. The van der Waals surface area contributed by atoms with E-state index in [0.29, 0.717) is 11.0 Å². The van der Waals surface area contributed by atoms with Crippen molar-refractivity contribution in [3.05, 3.63) is 50.4 Å². The topological polar surface area (TPSA) is 29.3 Å². The van der Waals surface area contributed by atoms with E-state index in [9.17, 15) is 4.39 Å². The van der Waals surface area contributed by atoms with E-state index in [2.05, 4.69) is 42.9 Å². The predicted octanol–water partition coefficient (Wildman–Crippen LogP) is 4.83. The summed E-state index contributed by atoms with van der Waals surface area (Å²) in [4.78, 5) is 5.59. The van der Waals surface area contributed by atoms with Gasteiger partial charge >= 0.3 is 0 Å². The molecular formula is C15H15BrFN3S. The maximum absolute atomic E-state index is 13.5. The number of benzene rings is 1. The number of nitrogens with zero attached hydrogens (tertiary/aromatic N) is 2. The van der Waals surface area contributed by atoms with Crippen LogP contribution in [0.25, 0.3) is 4.96 Å². The van der Waals surface area contributed by atoms with E-state index < -0.39 is 0 Å². The van der Waals surface area contributed by atoms with Crippen molar-refractivity contribution in [3.63, 3.8) is 0 Å². The van der Waals surface area contributed by atoms with Crippen LogP contribution in [0, 0.1) is 26.6 Å². The van der Waals surface area contributed by atoms with Crippen LogP contribution >= 0.6 is 27.3 Å². The molecule has 0 aliphatic carbocycles. The summed E-state index contributed by atoms with van der Waals surface area (Å²) in [6.07, 6.45) is 0. The number of rotatable bonds is 3. The Morgan fingerprint density at radius 1 is 1.33 bits per heavy atom. The molecule has 0 fully saturated rings. The maximum Gasteiger partial charge on any atom is 0.194 e. The number of hydrogen-bond acceptors (Lipinski definition) is 3. The Kier molecular flexibility index (Phi) is 3.75. The minimum Gasteiger partial charge on any atom is -0.379 e. The van der Waals surface area contributed by atoms with Gasteiger partial charge in [0.15, 0.2) is 4.96 Å². The third-order valence-corrected chi connectivity index (χ3v) is 5.09. The lowest BCUT2D eigenvalue weighted by atomic mass is 10.2. The van der Waals surface area contributed by atoms with Crippen molar-refractivity contribution in [1.29, 1.82) is 0 Å². The van der Waals surface area contributed by atoms with Crippen LogP contribution in [-0.4, -0.2) is 9.38 Å². The number of aryl methyl sites for hydroxylation is 3. The third-order valence-electron chi connectivity index (χ3n) is 3.54. The van der Waals surface area contributed by atoms with Crippen molar-refractivity contribution >= 4 is 37.9 Å². The first-order valence-corrected chi connectivity index (χ1v) is 8.26. The molecule has 0 aliphatic rings. The highest BCUT2D eigenvalue weighted by molar-refractivity contribution is 9.10. The smallest absolute Gasteiger partial charge is 0.194 e. The molecule has 0 amide bonds. The van der Waals surface area contributed by atoms with Gasteiger partial charge in [-0.3, -0.25) is 4.40 Å². The largest absolute Gasteiger partial charge is 0.379 e. The molecule has 0 radical (unpaired) electrons. The van der Waals surface area contributed by atoms with Crippen LogP contribution in [-0.2, 0) is 6.54 Å². The molecule has 1 aromatic carbocycles. The quantitative estimate of drug-likeness (QED) is 0.717. The highest BCUT2D eigenvalue weighted by Crippen LogP contribution is 2.26. The Morgan fingerprint density at radius 3 is 2.86 bits per heavy atom. The standard InChI is InChI=1S/C15H15BrFN3S/c1-8-4-12(17)11(16)5-13(8)18-6-14-10(3)19-15-20(14)9(2)7-21-15/h4-5,7,18H,6H2,1-3H3. The van der Waals surface area contributed by atoms with Crippen LogP contribution in [0.15, 0.2) is 22.0 Å². The van der Waals surface area contributed by atoms with E-state index in [1.165, 1.54) is 11.8 Å². The molecule has 3 nitrogen and oxygen atoms in total. The first kappa shape index (κ1) is 14.5. The lowest BCUT2D eigenvalue weighted by molar-refractivity contribution is 0.620. The van der Waals surface area contributed by atoms with Gasteiger partial charge in [0.25, 0.3) is 0 Å². The van der Waals surface area contributed by atoms with Gasteiger partial charge in [-0.1, -0.05) is 0 Å². The van der Waals surface area contributed by atoms with Crippen molar-refractivity contribution in [2.75, 3.05) is 5.32 Å². The van der Waals surface area contributed by atoms with Gasteiger partial charge in [-0.05, 0) is 54.4 Å². The van der Waals surface area contributed by atoms with Gasteiger partial charge in [0.1, 0.15) is 5.82 Å². The molecule has 110 valence electrons. The van der Waals surface area contributed by atoms with Crippen LogP contribution in [0.1, 0.15) is 22.6 Å². The zero-order chi connectivity index (χ0) is 15.1. The van der Waals surface area contributed by atoms with Crippen molar-refractivity contribution in [3.8, 4) is 0 Å². The van der Waals surface area contributed by atoms with Gasteiger partial charge in [-0.25, -0.2) is 9.37 Å². The number of nitrogens with one attached hydrogen (secondary N) is 1. The second-order valence-corrected chi connectivity index (χ2v) is 6.76. The Morgan fingerprint density at radius 2 is 2.10 bits per heavy atom. The normalized spacial score (nSPS) is 11.3. The van der Waals surface area contributed by atoms with Gasteiger partial charge in [-0.2, -0.15) is 0 Å². The van der Waals surface area contributed by atoms with E-state index >= 15 is 0 Å². The van der Waals surface area contributed by atoms with Gasteiger partial charge < -0.3 is 5.32 Å². The maximum atomic E-state index is 13.5. The SMILES string of the molecule is Cc1cc(F)c(Br)cc1NCc1c(C)nc2scc(C)n12. The van der Waals surface area contributed by atoms with Crippen LogP contribution in [0.4, 0.5) is 10.1 Å². The molecule has 0 saturated carbocycles. The van der Waals surface area contributed by atoms with Crippen LogP contribution in [0.2, 0.25) is 0 Å². The number of fused-ring (bicyclic) bond motifs is 1. The summed E-state index contributed by atoms with van der Waals surface area (Å²) in [5.74, 6) is -0.241. The number of thiazole rings is 1. The Hall–Kier alpha value is -1.40. The molecular weight excluding hydrogens is 353 g/mol. The minimum atomic E-state index is -0.241. The Labute approximate surface area is 135 Å². The zero-order valence-corrected chi connectivity index (χ0v) is 14.4. The fraction of sp³-hybridized carbons (Fsp3) is 0.267. The molecule has 0 spiro atoms. The summed E-state index contributed by atoms with van der Waals surface area (Å²) >= 11 is 4.87. The predicted molar refractivity (Wildman–Crippen MR) is 88.7 cm³/mol. The lowest BCUT2D eigenvalue weighted by Crippen LogP contribution is -2.06. The summed E-state index contributed by atoms with van der Waals surface area (Å²) in [6.45, 7) is 6.65. The van der Waals surface area contributed by atoms with Crippen molar-refractivity contribution in [2.45, 2.75) is 27.3 Å². The molecule has 0 bridgehead atoms. The first-order chi connectivity index (χ1) is 9.97. The van der Waals surface area contributed by atoms with Crippen molar-refractivity contribution in [2.24, 2.45) is 0 Å². The van der Waals surface area contributed by atoms with Crippen LogP contribution in [0.3, 0.4) is 0 Å². The number of imidazole rings is 1. The fourth-order valence-electron chi connectivity index (χ4n) is 2.39. The Balaban J connectivity index is 1.92. The molecule has 0 aliphatic heterocycles. The molecule has 0 saturated heterocycles. The monoisotopic (exact) mass is 367 g/mol. The molecule has 21 heavy (non-hydrogen) atoms. The van der Waals surface area contributed by atoms with Crippen LogP contribution in [0.5, 0.6) is 0 Å². The van der Waals surface area contributed by atoms with E-state index in [4.69, 9.17) is 0 Å². The molecule has 3 aromatic rings. The first-order valence-electron chi connectivity index (χ1n) is 6.59. The zero-order valence-electron chi connectivity index (χ0n) is 12.0. The minimum absolute atomic E-state index is 0.241. The number of aromatic nitrogens is 2. The van der Waals surface area contributed by atoms with Gasteiger partial charge in [0.2, 0.25) is 0 Å². The molecule has 2 aromatic heterocycles. The average Bonchev–Trinajstić information content (AvgIpc) is 2.92. The average molecular weight is 368 g/mol. The summed E-state index contributed by atoms with van der Waals surface area (Å²) in [7, 11) is 0. The highest BCUT2D eigenvalue weighted by atomic mass is 79.9. The van der Waals surface area contributed by atoms with Crippen LogP contribution < -0.4 is 5.32 Å². The summed E-state index contributed by atoms with van der Waals surface area (Å²) in [5, 5.41) is 5.48. The second kappa shape index (κ2) is 5.42.